The van der Waals surface area contributed by atoms with Gasteiger partial charge in [0.15, 0.2) is 0 Å². The summed E-state index contributed by atoms with van der Waals surface area (Å²) in [6.07, 6.45) is 1.83. The molecule has 6 heteroatoms. The average Bonchev–Trinajstić information content (AvgIpc) is 2.85. The molecule has 34 heavy (non-hydrogen) atoms. The molecule has 0 radical (unpaired) electrons. The minimum Gasteiger partial charge on any atom is -0.492 e. The fraction of sp³-hybridized carbons (Fsp3) is 0.429. The molecule has 1 saturated heterocycles. The van der Waals surface area contributed by atoms with Gasteiger partial charge in [-0.25, -0.2) is 0 Å². The van der Waals surface area contributed by atoms with E-state index in [0.29, 0.717) is 6.61 Å². The smallest absolute Gasteiger partial charge is 0.225 e. The minimum atomic E-state index is 0.0777. The number of rotatable bonds is 9. The molecule has 0 spiro atoms. The lowest BCUT2D eigenvalue weighted by Gasteiger charge is -2.35. The van der Waals surface area contributed by atoms with E-state index in [1.165, 1.54) is 16.5 Å². The molecule has 0 atom stereocenters. The summed E-state index contributed by atoms with van der Waals surface area (Å²) in [7, 11) is 2.15. The lowest BCUT2D eigenvalue weighted by Crippen LogP contribution is -2.50. The maximum Gasteiger partial charge on any atom is 0.225 e. The fourth-order valence-electron chi connectivity index (χ4n) is 4.44. The molecule has 180 valence electrons. The second-order valence-electron chi connectivity index (χ2n) is 9.52. The summed E-state index contributed by atoms with van der Waals surface area (Å²) in [5.41, 5.74) is 3.59. The van der Waals surface area contributed by atoms with E-state index in [2.05, 4.69) is 70.4 Å². The zero-order chi connectivity index (χ0) is 23.9. The first-order valence-electron chi connectivity index (χ1n) is 12.2. The molecule has 2 heterocycles. The molecular formula is C28H36N4O2. The highest BCUT2D eigenvalue weighted by molar-refractivity contribution is 5.79. The number of aromatic nitrogens is 1. The van der Waals surface area contributed by atoms with Crippen LogP contribution in [0.1, 0.15) is 25.0 Å². The van der Waals surface area contributed by atoms with Gasteiger partial charge in [-0.15, -0.1) is 0 Å². The Labute approximate surface area is 203 Å². The molecule has 0 unspecified atom stereocenters. The highest BCUT2D eigenvalue weighted by Gasteiger charge is 2.22. The molecule has 2 aromatic carbocycles. The second kappa shape index (κ2) is 11.4. The van der Waals surface area contributed by atoms with Crippen LogP contribution in [0.2, 0.25) is 0 Å². The molecule has 1 fully saturated rings. The number of pyridine rings is 1. The van der Waals surface area contributed by atoms with Crippen molar-refractivity contribution in [1.82, 2.24) is 19.7 Å². The van der Waals surface area contributed by atoms with Crippen LogP contribution in [0.5, 0.6) is 5.75 Å². The largest absolute Gasteiger partial charge is 0.492 e. The summed E-state index contributed by atoms with van der Waals surface area (Å²) in [5, 5.41) is 1.18. The zero-order valence-electron chi connectivity index (χ0n) is 20.6. The predicted octanol–water partition coefficient (Wildman–Crippen LogP) is 4.05. The van der Waals surface area contributed by atoms with Gasteiger partial charge in [-0.2, -0.15) is 0 Å². The number of hydrogen-bond acceptors (Lipinski definition) is 5. The van der Waals surface area contributed by atoms with Crippen molar-refractivity contribution in [2.24, 2.45) is 5.92 Å². The Balaban J connectivity index is 1.18. The van der Waals surface area contributed by atoms with Crippen molar-refractivity contribution in [1.29, 1.82) is 0 Å². The Morgan fingerprint density at radius 3 is 2.44 bits per heavy atom. The minimum absolute atomic E-state index is 0.0777. The third-order valence-corrected chi connectivity index (χ3v) is 6.35. The fourth-order valence-corrected chi connectivity index (χ4v) is 4.44. The van der Waals surface area contributed by atoms with Gasteiger partial charge in [0, 0.05) is 63.3 Å². The van der Waals surface area contributed by atoms with E-state index >= 15 is 0 Å². The van der Waals surface area contributed by atoms with Gasteiger partial charge in [0.1, 0.15) is 12.4 Å². The van der Waals surface area contributed by atoms with Gasteiger partial charge in [0.2, 0.25) is 5.91 Å². The molecule has 3 aromatic rings. The van der Waals surface area contributed by atoms with Crippen molar-refractivity contribution >= 4 is 16.8 Å². The number of amides is 1. The Morgan fingerprint density at radius 2 is 1.71 bits per heavy atom. The summed E-state index contributed by atoms with van der Waals surface area (Å²) in [6.45, 7) is 10.7. The van der Waals surface area contributed by atoms with Crippen LogP contribution in [-0.2, 0) is 17.9 Å². The van der Waals surface area contributed by atoms with E-state index in [-0.39, 0.29) is 11.8 Å². The van der Waals surface area contributed by atoms with Crippen LogP contribution in [0.25, 0.3) is 10.9 Å². The molecule has 1 aliphatic rings. The van der Waals surface area contributed by atoms with Crippen LogP contribution in [0.4, 0.5) is 0 Å². The van der Waals surface area contributed by atoms with Crippen molar-refractivity contribution in [3.63, 3.8) is 0 Å². The number of hydrogen-bond donors (Lipinski definition) is 0. The maximum atomic E-state index is 12.1. The first-order valence-corrected chi connectivity index (χ1v) is 12.2. The number of benzene rings is 2. The normalized spacial score (nSPS) is 14.8. The summed E-state index contributed by atoms with van der Waals surface area (Å²) in [4.78, 5) is 23.2. The molecule has 6 nitrogen and oxygen atoms in total. The first-order chi connectivity index (χ1) is 16.5. The van der Waals surface area contributed by atoms with Crippen LogP contribution in [0.3, 0.4) is 0 Å². The van der Waals surface area contributed by atoms with E-state index < -0.39 is 0 Å². The van der Waals surface area contributed by atoms with Crippen LogP contribution >= 0.6 is 0 Å². The quantitative estimate of drug-likeness (QED) is 0.482. The second-order valence-corrected chi connectivity index (χ2v) is 9.52. The predicted molar refractivity (Wildman–Crippen MR) is 137 cm³/mol. The summed E-state index contributed by atoms with van der Waals surface area (Å²) < 4.78 is 5.98. The van der Waals surface area contributed by atoms with Crippen LogP contribution in [0, 0.1) is 5.92 Å². The number of carbonyl (C=O) groups excluding carboxylic acids is 1. The maximum absolute atomic E-state index is 12.1. The molecule has 0 bridgehead atoms. The number of carbonyl (C=O) groups is 1. The van der Waals surface area contributed by atoms with E-state index in [4.69, 9.17) is 4.74 Å². The van der Waals surface area contributed by atoms with Crippen molar-refractivity contribution in [3.05, 3.63) is 71.9 Å². The average molecular weight is 461 g/mol. The van der Waals surface area contributed by atoms with Gasteiger partial charge in [-0.1, -0.05) is 38.1 Å². The topological polar surface area (TPSA) is 48.9 Å². The van der Waals surface area contributed by atoms with Gasteiger partial charge in [0.25, 0.3) is 0 Å². The highest BCUT2D eigenvalue weighted by atomic mass is 16.5. The van der Waals surface area contributed by atoms with E-state index in [1.807, 2.05) is 31.0 Å². The third kappa shape index (κ3) is 6.55. The molecule has 0 aliphatic carbocycles. The Bertz CT molecular complexity index is 1080. The van der Waals surface area contributed by atoms with Crippen molar-refractivity contribution < 1.29 is 9.53 Å². The lowest BCUT2D eigenvalue weighted by molar-refractivity contribution is -0.136. The SMILES string of the molecule is CC(C)C(=O)N1CCN(CCOc2ccc(CN(C)Cc3ccc4ncccc4c3)cc2)CC1. The summed E-state index contributed by atoms with van der Waals surface area (Å²) in [6, 6.07) is 19.0. The molecule has 1 aliphatic heterocycles. The summed E-state index contributed by atoms with van der Waals surface area (Å²) in [5.74, 6) is 1.24. The number of nitrogens with zero attached hydrogens (tertiary/aromatic N) is 4. The van der Waals surface area contributed by atoms with Crippen molar-refractivity contribution in [2.75, 3.05) is 46.4 Å². The number of piperazine rings is 1. The third-order valence-electron chi connectivity index (χ3n) is 6.35. The Morgan fingerprint density at radius 1 is 1.00 bits per heavy atom. The molecule has 4 rings (SSSR count). The molecular weight excluding hydrogens is 424 g/mol. The lowest BCUT2D eigenvalue weighted by atomic mass is 10.1. The Hall–Kier alpha value is -2.96. The zero-order valence-corrected chi connectivity index (χ0v) is 20.6. The van der Waals surface area contributed by atoms with Gasteiger partial charge in [-0.05, 0) is 48.5 Å². The number of ether oxygens (including phenoxy) is 1. The van der Waals surface area contributed by atoms with Crippen molar-refractivity contribution in [2.45, 2.75) is 26.9 Å². The molecule has 0 N–H and O–H groups in total. The Kier molecular flexibility index (Phi) is 8.14. The van der Waals surface area contributed by atoms with Gasteiger partial charge < -0.3 is 9.64 Å². The first kappa shape index (κ1) is 24.2. The van der Waals surface area contributed by atoms with Gasteiger partial charge in [0.05, 0.1) is 5.52 Å². The molecule has 1 aromatic heterocycles. The van der Waals surface area contributed by atoms with Gasteiger partial charge in [-0.3, -0.25) is 19.6 Å². The monoisotopic (exact) mass is 460 g/mol. The summed E-state index contributed by atoms with van der Waals surface area (Å²) >= 11 is 0. The molecule has 0 saturated carbocycles. The number of fused-ring (bicyclic) bond motifs is 1. The van der Waals surface area contributed by atoms with E-state index in [9.17, 15) is 4.79 Å². The van der Waals surface area contributed by atoms with Crippen LogP contribution in [-0.4, -0.2) is 72.0 Å². The van der Waals surface area contributed by atoms with E-state index in [0.717, 1.165) is 57.1 Å². The molecule has 1 amide bonds. The van der Waals surface area contributed by atoms with Crippen LogP contribution < -0.4 is 4.74 Å². The van der Waals surface area contributed by atoms with Crippen LogP contribution in [0.15, 0.2) is 60.8 Å². The standard InChI is InChI=1S/C28H36N4O2/c1-22(2)28(33)32-15-13-31(14-16-32)17-18-34-26-9-6-23(7-10-26)20-30(3)21-24-8-11-27-25(19-24)5-4-12-29-27/h4-12,19,22H,13-18,20-21H2,1-3H3. The van der Waals surface area contributed by atoms with Crippen molar-refractivity contribution in [3.8, 4) is 5.75 Å². The van der Waals surface area contributed by atoms with Gasteiger partial charge >= 0.3 is 0 Å². The highest BCUT2D eigenvalue weighted by Crippen LogP contribution is 2.17. The van der Waals surface area contributed by atoms with E-state index in [1.54, 1.807) is 0 Å².